The van der Waals surface area contributed by atoms with Crippen molar-refractivity contribution < 1.29 is 18.8 Å². The van der Waals surface area contributed by atoms with Crippen molar-refractivity contribution in [1.29, 1.82) is 0 Å². The third-order valence-electron chi connectivity index (χ3n) is 4.93. The summed E-state index contributed by atoms with van der Waals surface area (Å²) in [5, 5.41) is 3.77. The number of nitrogens with zero attached hydrogens (tertiary/aromatic N) is 4. The molecule has 0 unspecified atom stereocenters. The van der Waals surface area contributed by atoms with Crippen molar-refractivity contribution in [3.8, 4) is 11.5 Å². The van der Waals surface area contributed by atoms with Crippen molar-refractivity contribution in [2.45, 2.75) is 32.7 Å². The molecule has 0 aliphatic carbocycles. The summed E-state index contributed by atoms with van der Waals surface area (Å²) in [6.45, 7) is 5.86. The van der Waals surface area contributed by atoms with Crippen LogP contribution in [0.5, 0.6) is 11.5 Å². The molecule has 0 atom stereocenters. The Kier molecular flexibility index (Phi) is 6.86. The molecular formula is C20H28N4O4. The van der Waals surface area contributed by atoms with Gasteiger partial charge in [0.05, 0.1) is 14.2 Å². The molecule has 2 aromatic rings. The van der Waals surface area contributed by atoms with E-state index in [1.54, 1.807) is 21.1 Å². The number of benzene rings is 1. The summed E-state index contributed by atoms with van der Waals surface area (Å²) in [6, 6.07) is 5.99. The second kappa shape index (κ2) is 9.54. The number of hydrogen-bond acceptors (Lipinski definition) is 7. The highest BCUT2D eigenvalue weighted by atomic mass is 16.5. The lowest BCUT2D eigenvalue weighted by atomic mass is 10.1. The first-order valence-electron chi connectivity index (χ1n) is 9.59. The Morgan fingerprint density at radius 2 is 1.89 bits per heavy atom. The van der Waals surface area contributed by atoms with E-state index in [-0.39, 0.29) is 5.91 Å². The van der Waals surface area contributed by atoms with Gasteiger partial charge in [0.15, 0.2) is 17.3 Å². The number of piperazine rings is 1. The van der Waals surface area contributed by atoms with Gasteiger partial charge in [-0.3, -0.25) is 9.69 Å². The van der Waals surface area contributed by atoms with E-state index >= 15 is 0 Å². The second-order valence-corrected chi connectivity index (χ2v) is 6.94. The molecule has 1 fully saturated rings. The first-order chi connectivity index (χ1) is 13.6. The monoisotopic (exact) mass is 388 g/mol. The van der Waals surface area contributed by atoms with E-state index < -0.39 is 0 Å². The molecule has 1 aliphatic rings. The zero-order valence-electron chi connectivity index (χ0n) is 16.8. The van der Waals surface area contributed by atoms with Crippen LogP contribution in [0.2, 0.25) is 0 Å². The van der Waals surface area contributed by atoms with Gasteiger partial charge >= 0.3 is 0 Å². The third-order valence-corrected chi connectivity index (χ3v) is 4.93. The van der Waals surface area contributed by atoms with Gasteiger partial charge in [0.1, 0.15) is 0 Å². The maximum atomic E-state index is 12.4. The minimum atomic E-state index is 0.196. The molecule has 2 heterocycles. The highest BCUT2D eigenvalue weighted by molar-refractivity contribution is 5.76. The van der Waals surface area contributed by atoms with Gasteiger partial charge in [-0.1, -0.05) is 11.2 Å². The number of rotatable bonds is 8. The highest BCUT2D eigenvalue weighted by Gasteiger charge is 2.21. The molecule has 1 aromatic carbocycles. The standard InChI is InChI=1S/C20H28N4O4/c1-15-21-19(28-22-15)5-4-6-20(25)24-11-9-23(10-12-24)14-16-7-8-17(26-2)18(13-16)27-3/h7-8,13H,4-6,9-12,14H2,1-3H3. The molecule has 8 nitrogen and oxygen atoms in total. The predicted octanol–water partition coefficient (Wildman–Crippen LogP) is 2.06. The molecule has 1 saturated heterocycles. The topological polar surface area (TPSA) is 80.9 Å². The van der Waals surface area contributed by atoms with Crippen molar-refractivity contribution in [2.24, 2.45) is 0 Å². The van der Waals surface area contributed by atoms with Gasteiger partial charge in [-0.05, 0) is 31.0 Å². The van der Waals surface area contributed by atoms with Crippen LogP contribution in [0.15, 0.2) is 22.7 Å². The summed E-state index contributed by atoms with van der Waals surface area (Å²) in [5.41, 5.74) is 1.17. The van der Waals surface area contributed by atoms with Crippen LogP contribution >= 0.6 is 0 Å². The van der Waals surface area contributed by atoms with Crippen molar-refractivity contribution in [2.75, 3.05) is 40.4 Å². The van der Waals surface area contributed by atoms with E-state index in [4.69, 9.17) is 14.0 Å². The average molecular weight is 388 g/mol. The Labute approximate surface area is 165 Å². The molecule has 0 radical (unpaired) electrons. The molecule has 0 bridgehead atoms. The van der Waals surface area contributed by atoms with Gasteiger partial charge in [0.2, 0.25) is 11.8 Å². The SMILES string of the molecule is COc1ccc(CN2CCN(C(=O)CCCc3nc(C)no3)CC2)cc1OC. The first kappa shape index (κ1) is 20.1. The normalized spacial score (nSPS) is 14.9. The minimum Gasteiger partial charge on any atom is -0.493 e. The predicted molar refractivity (Wildman–Crippen MR) is 103 cm³/mol. The van der Waals surface area contributed by atoms with Gasteiger partial charge < -0.3 is 18.9 Å². The van der Waals surface area contributed by atoms with Crippen LogP contribution in [-0.4, -0.2) is 66.2 Å². The fourth-order valence-electron chi connectivity index (χ4n) is 3.38. The molecule has 1 aromatic heterocycles. The summed E-state index contributed by atoms with van der Waals surface area (Å²) in [4.78, 5) is 20.9. The molecule has 1 amide bonds. The van der Waals surface area contributed by atoms with E-state index in [2.05, 4.69) is 21.1 Å². The quantitative estimate of drug-likeness (QED) is 0.685. The molecule has 8 heteroatoms. The van der Waals surface area contributed by atoms with E-state index in [1.807, 2.05) is 17.0 Å². The van der Waals surface area contributed by atoms with Crippen LogP contribution in [0.25, 0.3) is 0 Å². The number of carbonyl (C=O) groups is 1. The average Bonchev–Trinajstić information content (AvgIpc) is 3.13. The summed E-state index contributed by atoms with van der Waals surface area (Å²) in [6.07, 6.45) is 1.88. The Morgan fingerprint density at radius 1 is 1.14 bits per heavy atom. The van der Waals surface area contributed by atoms with E-state index in [9.17, 15) is 4.79 Å². The number of aryl methyl sites for hydroxylation is 2. The van der Waals surface area contributed by atoms with Crippen molar-refractivity contribution in [1.82, 2.24) is 19.9 Å². The summed E-state index contributed by atoms with van der Waals surface area (Å²) in [7, 11) is 3.28. The second-order valence-electron chi connectivity index (χ2n) is 6.94. The van der Waals surface area contributed by atoms with Crippen molar-refractivity contribution in [3.63, 3.8) is 0 Å². The van der Waals surface area contributed by atoms with Crippen LogP contribution < -0.4 is 9.47 Å². The summed E-state index contributed by atoms with van der Waals surface area (Å²) < 4.78 is 15.7. The number of aromatic nitrogens is 2. The summed E-state index contributed by atoms with van der Waals surface area (Å²) >= 11 is 0. The number of amides is 1. The Balaban J connectivity index is 1.42. The highest BCUT2D eigenvalue weighted by Crippen LogP contribution is 2.28. The lowest BCUT2D eigenvalue weighted by molar-refractivity contribution is -0.133. The Bertz CT molecular complexity index is 784. The van der Waals surface area contributed by atoms with Gasteiger partial charge in [0.25, 0.3) is 0 Å². The van der Waals surface area contributed by atoms with E-state index in [0.717, 1.165) is 50.6 Å². The van der Waals surface area contributed by atoms with Gasteiger partial charge in [0, 0.05) is 45.6 Å². The Morgan fingerprint density at radius 3 is 2.54 bits per heavy atom. The van der Waals surface area contributed by atoms with Crippen LogP contribution in [0, 0.1) is 6.92 Å². The van der Waals surface area contributed by atoms with Crippen LogP contribution in [0.3, 0.4) is 0 Å². The lowest BCUT2D eigenvalue weighted by Gasteiger charge is -2.35. The number of carbonyl (C=O) groups excluding carboxylic acids is 1. The van der Waals surface area contributed by atoms with Gasteiger partial charge in [-0.25, -0.2) is 0 Å². The summed E-state index contributed by atoms with van der Waals surface area (Å²) in [5.74, 6) is 2.90. The van der Waals surface area contributed by atoms with Crippen molar-refractivity contribution >= 4 is 5.91 Å². The molecule has 152 valence electrons. The van der Waals surface area contributed by atoms with Crippen LogP contribution in [-0.2, 0) is 17.8 Å². The lowest BCUT2D eigenvalue weighted by Crippen LogP contribution is -2.48. The smallest absolute Gasteiger partial charge is 0.226 e. The van der Waals surface area contributed by atoms with Gasteiger partial charge in [-0.15, -0.1) is 0 Å². The Hall–Kier alpha value is -2.61. The van der Waals surface area contributed by atoms with Gasteiger partial charge in [-0.2, -0.15) is 4.98 Å². The molecule has 0 spiro atoms. The molecule has 0 saturated carbocycles. The largest absolute Gasteiger partial charge is 0.493 e. The van der Waals surface area contributed by atoms with Crippen LogP contribution in [0.1, 0.15) is 30.1 Å². The molecular weight excluding hydrogens is 360 g/mol. The number of ether oxygens (including phenoxy) is 2. The van der Waals surface area contributed by atoms with E-state index in [1.165, 1.54) is 5.56 Å². The zero-order valence-corrected chi connectivity index (χ0v) is 16.8. The molecule has 1 aliphatic heterocycles. The fraction of sp³-hybridized carbons (Fsp3) is 0.550. The third kappa shape index (κ3) is 5.22. The number of methoxy groups -OCH3 is 2. The molecule has 0 N–H and O–H groups in total. The van der Waals surface area contributed by atoms with E-state index in [0.29, 0.717) is 24.6 Å². The molecule has 28 heavy (non-hydrogen) atoms. The zero-order chi connectivity index (χ0) is 19.9. The maximum absolute atomic E-state index is 12.4. The fourth-order valence-corrected chi connectivity index (χ4v) is 3.38. The van der Waals surface area contributed by atoms with Crippen molar-refractivity contribution in [3.05, 3.63) is 35.5 Å². The minimum absolute atomic E-state index is 0.196. The van der Waals surface area contributed by atoms with Crippen LogP contribution in [0.4, 0.5) is 0 Å². The first-order valence-corrected chi connectivity index (χ1v) is 9.59. The molecule has 3 rings (SSSR count). The maximum Gasteiger partial charge on any atom is 0.226 e. The number of hydrogen-bond donors (Lipinski definition) is 0.